The first-order valence-corrected chi connectivity index (χ1v) is 10.9. The van der Waals surface area contributed by atoms with Crippen LogP contribution in [-0.4, -0.2) is 56.0 Å². The molecule has 4 heterocycles. The van der Waals surface area contributed by atoms with E-state index >= 15 is 0 Å². The molecule has 3 amide bonds. The van der Waals surface area contributed by atoms with Crippen LogP contribution < -0.4 is 10.2 Å². The van der Waals surface area contributed by atoms with Gasteiger partial charge in [0.1, 0.15) is 6.04 Å². The Morgan fingerprint density at radius 3 is 2.71 bits per heavy atom. The molecule has 162 valence electrons. The van der Waals surface area contributed by atoms with Gasteiger partial charge in [-0.15, -0.1) is 5.10 Å². The fraction of sp³-hybridized carbons (Fsp3) is 0.500. The average Bonchev–Trinajstić information content (AvgIpc) is 3.28. The lowest BCUT2D eigenvalue weighted by molar-refractivity contribution is -0.136. The molecule has 2 atom stereocenters. The fourth-order valence-corrected chi connectivity index (χ4v) is 4.86. The summed E-state index contributed by atoms with van der Waals surface area (Å²) in [5, 5.41) is 6.96. The van der Waals surface area contributed by atoms with Crippen molar-refractivity contribution in [2.45, 2.75) is 57.7 Å². The number of carbonyl (C=O) groups is 3. The third-order valence-corrected chi connectivity index (χ3v) is 6.58. The van der Waals surface area contributed by atoms with E-state index in [4.69, 9.17) is 4.98 Å². The molecular formula is C22H26N6O3. The Morgan fingerprint density at radius 1 is 1.10 bits per heavy atom. The molecule has 2 saturated heterocycles. The normalized spacial score (nSPS) is 23.9. The summed E-state index contributed by atoms with van der Waals surface area (Å²) in [7, 11) is 1.91. The highest BCUT2D eigenvalue weighted by molar-refractivity contribution is 6.05. The number of amides is 3. The van der Waals surface area contributed by atoms with Crippen LogP contribution >= 0.6 is 0 Å². The number of anilines is 1. The van der Waals surface area contributed by atoms with Gasteiger partial charge in [-0.3, -0.25) is 19.7 Å². The second-order valence-electron chi connectivity index (χ2n) is 8.67. The lowest BCUT2D eigenvalue weighted by atomic mass is 10.0. The zero-order valence-electron chi connectivity index (χ0n) is 17.8. The summed E-state index contributed by atoms with van der Waals surface area (Å²) in [5.74, 6) is 0.638. The molecule has 0 aliphatic carbocycles. The molecule has 3 aliphatic heterocycles. The molecule has 2 aromatic rings. The quantitative estimate of drug-likeness (QED) is 0.755. The maximum absolute atomic E-state index is 12.9. The molecule has 0 spiro atoms. The van der Waals surface area contributed by atoms with E-state index in [-0.39, 0.29) is 18.2 Å². The van der Waals surface area contributed by atoms with Gasteiger partial charge < -0.3 is 9.80 Å². The maximum Gasteiger partial charge on any atom is 0.255 e. The van der Waals surface area contributed by atoms with Gasteiger partial charge in [0, 0.05) is 43.7 Å². The van der Waals surface area contributed by atoms with Crippen molar-refractivity contribution in [1.29, 1.82) is 0 Å². The number of fused-ring (bicyclic) bond motifs is 1. The largest absolute Gasteiger partial charge is 0.338 e. The molecule has 0 saturated carbocycles. The Hall–Kier alpha value is -3.23. The van der Waals surface area contributed by atoms with E-state index in [1.54, 1.807) is 11.0 Å². The minimum atomic E-state index is -0.610. The van der Waals surface area contributed by atoms with Gasteiger partial charge in [0.25, 0.3) is 5.91 Å². The number of aryl methyl sites for hydroxylation is 1. The second-order valence-corrected chi connectivity index (χ2v) is 8.67. The number of nitrogens with one attached hydrogen (secondary N) is 1. The maximum atomic E-state index is 12.9. The Kier molecular flexibility index (Phi) is 4.75. The molecule has 5 rings (SSSR count). The summed E-state index contributed by atoms with van der Waals surface area (Å²) in [6.45, 7) is 3.54. The first-order chi connectivity index (χ1) is 14.9. The van der Waals surface area contributed by atoms with Crippen LogP contribution in [-0.2, 0) is 23.2 Å². The molecular weight excluding hydrogens is 396 g/mol. The highest BCUT2D eigenvalue weighted by Crippen LogP contribution is 2.31. The number of imide groups is 1. The SMILES string of the molecule is C[C@H]1CCCCN1c1nc(-c2ccc3c(c2)CN(C2CCC(=O)NC2=O)C3=O)nn1C. The lowest BCUT2D eigenvalue weighted by Gasteiger charge is -2.33. The first kappa shape index (κ1) is 19.7. The van der Waals surface area contributed by atoms with Crippen molar-refractivity contribution in [1.82, 2.24) is 25.0 Å². The predicted octanol–water partition coefficient (Wildman–Crippen LogP) is 1.62. The molecule has 1 aromatic carbocycles. The van der Waals surface area contributed by atoms with Crippen LogP contribution in [0.2, 0.25) is 0 Å². The van der Waals surface area contributed by atoms with E-state index in [0.29, 0.717) is 30.4 Å². The van der Waals surface area contributed by atoms with E-state index in [9.17, 15) is 14.4 Å². The van der Waals surface area contributed by atoms with Crippen LogP contribution in [0.5, 0.6) is 0 Å². The van der Waals surface area contributed by atoms with E-state index < -0.39 is 11.9 Å². The number of rotatable bonds is 3. The van der Waals surface area contributed by atoms with Crippen LogP contribution in [0.15, 0.2) is 18.2 Å². The molecule has 9 heteroatoms. The second kappa shape index (κ2) is 7.47. The van der Waals surface area contributed by atoms with Crippen molar-refractivity contribution in [3.05, 3.63) is 29.3 Å². The molecule has 31 heavy (non-hydrogen) atoms. The van der Waals surface area contributed by atoms with Crippen LogP contribution in [0.1, 0.15) is 54.9 Å². The average molecular weight is 422 g/mol. The number of benzene rings is 1. The van der Waals surface area contributed by atoms with Crippen molar-refractivity contribution < 1.29 is 14.4 Å². The monoisotopic (exact) mass is 422 g/mol. The minimum Gasteiger partial charge on any atom is -0.338 e. The number of hydrogen-bond donors (Lipinski definition) is 1. The summed E-state index contributed by atoms with van der Waals surface area (Å²) < 4.78 is 1.82. The van der Waals surface area contributed by atoms with E-state index in [2.05, 4.69) is 22.2 Å². The van der Waals surface area contributed by atoms with Crippen molar-refractivity contribution in [3.63, 3.8) is 0 Å². The predicted molar refractivity (Wildman–Crippen MR) is 113 cm³/mol. The van der Waals surface area contributed by atoms with Gasteiger partial charge in [-0.1, -0.05) is 6.07 Å². The highest BCUT2D eigenvalue weighted by atomic mass is 16.2. The van der Waals surface area contributed by atoms with Gasteiger partial charge in [0.05, 0.1) is 0 Å². The third kappa shape index (κ3) is 3.37. The van der Waals surface area contributed by atoms with E-state index in [1.807, 2.05) is 23.9 Å². The van der Waals surface area contributed by atoms with Crippen LogP contribution in [0.3, 0.4) is 0 Å². The minimum absolute atomic E-state index is 0.173. The molecule has 1 aromatic heterocycles. The molecule has 1 unspecified atom stereocenters. The van der Waals surface area contributed by atoms with Crippen molar-refractivity contribution in [2.75, 3.05) is 11.4 Å². The summed E-state index contributed by atoms with van der Waals surface area (Å²) >= 11 is 0. The van der Waals surface area contributed by atoms with Crippen LogP contribution in [0, 0.1) is 0 Å². The van der Waals surface area contributed by atoms with E-state index in [1.165, 1.54) is 6.42 Å². The molecule has 0 radical (unpaired) electrons. The number of nitrogens with zero attached hydrogens (tertiary/aromatic N) is 5. The third-order valence-electron chi connectivity index (χ3n) is 6.58. The fourth-order valence-electron chi connectivity index (χ4n) is 4.86. The number of aromatic nitrogens is 3. The first-order valence-electron chi connectivity index (χ1n) is 10.9. The smallest absolute Gasteiger partial charge is 0.255 e. The highest BCUT2D eigenvalue weighted by Gasteiger charge is 2.39. The zero-order valence-corrected chi connectivity index (χ0v) is 17.8. The lowest BCUT2D eigenvalue weighted by Crippen LogP contribution is -2.52. The van der Waals surface area contributed by atoms with Crippen LogP contribution in [0.4, 0.5) is 5.95 Å². The standard InChI is InChI=1S/C22H26N6O3/c1-13-5-3-4-10-27(13)22-24-19(25-26(22)2)14-6-7-16-15(11-14)12-28(21(16)31)17-8-9-18(29)23-20(17)30/h6-7,11,13,17H,3-5,8-10,12H2,1-2H3,(H,23,29,30)/t13-,17?/m0/s1. The Morgan fingerprint density at radius 2 is 1.94 bits per heavy atom. The number of carbonyl (C=O) groups excluding carboxylic acids is 3. The Bertz CT molecular complexity index is 1080. The van der Waals surface area contributed by atoms with Crippen molar-refractivity contribution >= 4 is 23.7 Å². The number of piperidine rings is 2. The van der Waals surface area contributed by atoms with Gasteiger partial charge in [0.15, 0.2) is 5.82 Å². The topological polar surface area (TPSA) is 100 Å². The van der Waals surface area contributed by atoms with Gasteiger partial charge in [0.2, 0.25) is 17.8 Å². The van der Waals surface area contributed by atoms with Gasteiger partial charge >= 0.3 is 0 Å². The summed E-state index contributed by atoms with van der Waals surface area (Å²) in [4.78, 5) is 45.2. The molecule has 0 bridgehead atoms. The zero-order chi connectivity index (χ0) is 21.7. The Labute approximate surface area is 180 Å². The summed E-state index contributed by atoms with van der Waals surface area (Å²) in [6.07, 6.45) is 4.15. The molecule has 9 nitrogen and oxygen atoms in total. The van der Waals surface area contributed by atoms with Crippen molar-refractivity contribution in [3.8, 4) is 11.4 Å². The van der Waals surface area contributed by atoms with Gasteiger partial charge in [-0.2, -0.15) is 4.98 Å². The number of hydrogen-bond acceptors (Lipinski definition) is 6. The Balaban J connectivity index is 1.40. The molecule has 2 fully saturated rings. The molecule has 1 N–H and O–H groups in total. The van der Waals surface area contributed by atoms with Gasteiger partial charge in [-0.05, 0) is 50.3 Å². The van der Waals surface area contributed by atoms with Gasteiger partial charge in [-0.25, -0.2) is 4.68 Å². The van der Waals surface area contributed by atoms with Crippen molar-refractivity contribution in [2.24, 2.45) is 7.05 Å². The van der Waals surface area contributed by atoms with Crippen LogP contribution in [0.25, 0.3) is 11.4 Å². The summed E-state index contributed by atoms with van der Waals surface area (Å²) in [5.41, 5.74) is 2.30. The summed E-state index contributed by atoms with van der Waals surface area (Å²) in [6, 6.07) is 5.42. The van der Waals surface area contributed by atoms with E-state index in [0.717, 1.165) is 36.5 Å². The molecule has 3 aliphatic rings.